The highest BCUT2D eigenvalue weighted by Crippen LogP contribution is 2.76. The van der Waals surface area contributed by atoms with Crippen LogP contribution < -0.4 is 0 Å². The molecular weight excluding hydrogens is 989 g/mol. The Bertz CT molecular complexity index is 2120. The highest BCUT2D eigenvalue weighted by molar-refractivity contribution is 5.79. The Morgan fingerprint density at radius 3 is 1.97 bits per heavy atom. The highest BCUT2D eigenvalue weighted by atomic mass is 16.8. The van der Waals surface area contributed by atoms with Gasteiger partial charge >= 0.3 is 11.9 Å². The molecule has 2 unspecified atom stereocenters. The second-order valence-electron chi connectivity index (χ2n) is 25.8. The molecule has 27 atom stereocenters. The summed E-state index contributed by atoms with van der Waals surface area (Å²) in [6.07, 6.45) is -22.5. The molecule has 0 aromatic heterocycles. The minimum absolute atomic E-state index is 0.0570. The molecule has 8 fully saturated rings. The van der Waals surface area contributed by atoms with E-state index in [9.17, 15) is 70.9 Å². The molecule has 0 spiro atoms. The van der Waals surface area contributed by atoms with Crippen molar-refractivity contribution in [3.05, 3.63) is 11.6 Å². The first-order chi connectivity index (χ1) is 35.0. The summed E-state index contributed by atoms with van der Waals surface area (Å²) in [6.45, 7) is 16.1. The molecular formula is C53H84O22. The van der Waals surface area contributed by atoms with Gasteiger partial charge in [0.1, 0.15) is 79.4 Å². The number of hydrogen-bond donors (Lipinski definition) is 12. The standard InChI is InChI=1S/C53H84O22/c1-22-30(56)32(58)36(62)44(69-22)72-39-25(55)21-68-43(38(39)64)74-41-35(61)34(60)40(42(65)66)73-46(41)71-29-12-13-50(6)27(49(29,4)5)11-14-52(8)28(50)10-9-23-24-19-48(2,3)15-17-53(24,18-16-51(23,52)7)47(67)75-45-37(63)33(59)31(57)26(20-54)70-45/h9,22,24-41,43-46,54-64H,10-21H2,1-8H3,(H,65,66)/t22-,24-,25+,26+,27?,28?,29-,30-,31+,32+,33-,34-,35-,36+,37+,38+,39-,40-,41+,43-,44-,45-,46+,50-,51+,52+,53-/m0/s1. The van der Waals surface area contributed by atoms with Crippen molar-refractivity contribution in [2.24, 2.45) is 50.2 Å². The number of fused-ring (bicyclic) bond motifs is 7. The molecule has 75 heavy (non-hydrogen) atoms. The summed E-state index contributed by atoms with van der Waals surface area (Å²) in [5.74, 6) is -2.03. The zero-order valence-electron chi connectivity index (χ0n) is 44.3. The summed E-state index contributed by atoms with van der Waals surface area (Å²) >= 11 is 0. The predicted molar refractivity (Wildman–Crippen MR) is 256 cm³/mol. The van der Waals surface area contributed by atoms with E-state index in [2.05, 4.69) is 54.5 Å². The Balaban J connectivity index is 0.944. The van der Waals surface area contributed by atoms with E-state index in [0.29, 0.717) is 32.1 Å². The van der Waals surface area contributed by atoms with Gasteiger partial charge in [-0.1, -0.05) is 60.1 Å². The number of esters is 1. The molecule has 4 saturated heterocycles. The van der Waals surface area contributed by atoms with Gasteiger partial charge in [0.2, 0.25) is 6.29 Å². The van der Waals surface area contributed by atoms with Crippen LogP contribution in [0.1, 0.15) is 120 Å². The first kappa shape index (κ1) is 57.6. The van der Waals surface area contributed by atoms with Gasteiger partial charge in [0.25, 0.3) is 0 Å². The van der Waals surface area contributed by atoms with Gasteiger partial charge in [0, 0.05) is 0 Å². The minimum atomic E-state index is -2.01. The molecule has 4 heterocycles. The van der Waals surface area contributed by atoms with E-state index in [1.165, 1.54) is 12.5 Å². The summed E-state index contributed by atoms with van der Waals surface area (Å²) < 4.78 is 47.5. The Morgan fingerprint density at radius 2 is 1.29 bits per heavy atom. The van der Waals surface area contributed by atoms with Gasteiger partial charge in [-0.3, -0.25) is 4.79 Å². The molecule has 9 aliphatic rings. The van der Waals surface area contributed by atoms with Gasteiger partial charge in [-0.2, -0.15) is 0 Å². The van der Waals surface area contributed by atoms with Gasteiger partial charge in [-0.25, -0.2) is 4.79 Å². The lowest BCUT2D eigenvalue weighted by molar-refractivity contribution is -0.378. The van der Waals surface area contributed by atoms with Gasteiger partial charge in [0.05, 0.1) is 30.8 Å². The molecule has 0 aromatic carbocycles. The number of allylic oxidation sites excluding steroid dienone is 2. The Morgan fingerprint density at radius 1 is 0.640 bits per heavy atom. The van der Waals surface area contributed by atoms with Crippen LogP contribution in [0, 0.1) is 50.2 Å². The van der Waals surface area contributed by atoms with Crippen LogP contribution in [0.2, 0.25) is 0 Å². The van der Waals surface area contributed by atoms with Crippen LogP contribution in [0.3, 0.4) is 0 Å². The van der Waals surface area contributed by atoms with E-state index < -0.39 is 159 Å². The lowest BCUT2D eigenvalue weighted by Gasteiger charge is -2.71. The van der Waals surface area contributed by atoms with Crippen molar-refractivity contribution in [2.75, 3.05) is 13.2 Å². The molecule has 5 aliphatic carbocycles. The maximum Gasteiger partial charge on any atom is 0.335 e. The number of ether oxygens (including phenoxy) is 8. The molecule has 4 saturated carbocycles. The second-order valence-corrected chi connectivity index (χ2v) is 25.8. The van der Waals surface area contributed by atoms with Gasteiger partial charge in [-0.05, 0) is 116 Å². The molecule has 22 nitrogen and oxygen atoms in total. The third-order valence-corrected chi connectivity index (χ3v) is 21.0. The molecule has 0 radical (unpaired) electrons. The van der Waals surface area contributed by atoms with E-state index in [1.807, 2.05) is 0 Å². The zero-order chi connectivity index (χ0) is 54.9. The number of aliphatic carboxylic acids is 1. The van der Waals surface area contributed by atoms with Crippen molar-refractivity contribution in [1.29, 1.82) is 0 Å². The van der Waals surface area contributed by atoms with E-state index in [-0.39, 0.29) is 39.4 Å². The van der Waals surface area contributed by atoms with Gasteiger partial charge in [-0.15, -0.1) is 0 Å². The third kappa shape index (κ3) is 9.36. The molecule has 0 amide bonds. The van der Waals surface area contributed by atoms with Crippen molar-refractivity contribution in [3.63, 3.8) is 0 Å². The number of carboxylic acids is 1. The Hall–Kier alpha value is -2.04. The van der Waals surface area contributed by atoms with E-state index >= 15 is 0 Å². The summed E-state index contributed by atoms with van der Waals surface area (Å²) in [4.78, 5) is 27.2. The largest absolute Gasteiger partial charge is 0.479 e. The fraction of sp³-hybridized carbons (Fsp3) is 0.925. The van der Waals surface area contributed by atoms with Crippen LogP contribution in [0.5, 0.6) is 0 Å². The van der Waals surface area contributed by atoms with Crippen molar-refractivity contribution < 1.29 is 109 Å². The van der Waals surface area contributed by atoms with E-state index in [1.54, 1.807) is 0 Å². The number of hydrogen-bond acceptors (Lipinski definition) is 21. The topological polar surface area (TPSA) is 351 Å². The average Bonchev–Trinajstić information content (AvgIpc) is 3.35. The van der Waals surface area contributed by atoms with Crippen LogP contribution in [-0.4, -0.2) is 209 Å². The van der Waals surface area contributed by atoms with Crippen molar-refractivity contribution in [2.45, 2.75) is 242 Å². The fourth-order valence-corrected chi connectivity index (χ4v) is 16.2. The third-order valence-electron chi connectivity index (χ3n) is 21.0. The number of carboxylic acid groups (broad SMARTS) is 1. The number of aliphatic hydroxyl groups is 11. The monoisotopic (exact) mass is 1070 g/mol. The first-order valence-corrected chi connectivity index (χ1v) is 27.1. The summed E-state index contributed by atoms with van der Waals surface area (Å²) in [6, 6.07) is 0. The van der Waals surface area contributed by atoms with Crippen molar-refractivity contribution >= 4 is 11.9 Å². The highest BCUT2D eigenvalue weighted by Gasteiger charge is 2.70. The molecule has 428 valence electrons. The molecule has 4 aliphatic heterocycles. The quantitative estimate of drug-likeness (QED) is 0.0761. The van der Waals surface area contributed by atoms with Crippen LogP contribution in [0.15, 0.2) is 11.6 Å². The van der Waals surface area contributed by atoms with E-state index in [0.717, 1.165) is 32.1 Å². The van der Waals surface area contributed by atoms with E-state index in [4.69, 9.17) is 37.9 Å². The lowest BCUT2D eigenvalue weighted by Crippen LogP contribution is -2.67. The van der Waals surface area contributed by atoms with Crippen LogP contribution >= 0.6 is 0 Å². The molecule has 22 heteroatoms. The molecule has 12 N–H and O–H groups in total. The smallest absolute Gasteiger partial charge is 0.335 e. The number of rotatable bonds is 10. The van der Waals surface area contributed by atoms with Gasteiger partial charge in [0.15, 0.2) is 25.0 Å². The van der Waals surface area contributed by atoms with Crippen LogP contribution in [-0.2, 0) is 47.5 Å². The molecule has 0 bridgehead atoms. The number of carbonyl (C=O) groups excluding carboxylic acids is 1. The zero-order valence-corrected chi connectivity index (χ0v) is 44.3. The van der Waals surface area contributed by atoms with Crippen LogP contribution in [0.4, 0.5) is 0 Å². The first-order valence-electron chi connectivity index (χ1n) is 27.1. The van der Waals surface area contributed by atoms with Gasteiger partial charge < -0.3 is 99.2 Å². The summed E-state index contributed by atoms with van der Waals surface area (Å²) in [5.41, 5.74) is -1.19. The van der Waals surface area contributed by atoms with Crippen molar-refractivity contribution in [1.82, 2.24) is 0 Å². The Kier molecular flexibility index (Phi) is 15.8. The predicted octanol–water partition coefficient (Wildman–Crippen LogP) is -0.276. The Labute approximate surface area is 437 Å². The average molecular weight is 1070 g/mol. The van der Waals surface area contributed by atoms with Crippen LogP contribution in [0.25, 0.3) is 0 Å². The number of carbonyl (C=O) groups is 2. The normalized spacial score (nSPS) is 53.5. The maximum absolute atomic E-state index is 14.7. The maximum atomic E-state index is 14.7. The SMILES string of the molecule is C[C@@H]1O[C@@H](O[C@@H]2[C@@H](O)[C@H](O[C@H]3[C@H](O[C@H]4CC[C@@]5(C)C(CC[C@]6(C)C5CC=C5[C@@H]7CC(C)(C)CC[C@]7(C(=O)O[C@@H]7O[C@H](CO)[C@@H](O)[C@H](O)[C@H]7O)CC[C@]56C)C4(C)C)O[C@H](C(=O)O)[C@@H](O)[C@@H]3O)OC[C@H]2O)[C@H](O)[C@H](O)[C@H]1O. The second kappa shape index (κ2) is 20.5. The molecule has 0 aromatic rings. The summed E-state index contributed by atoms with van der Waals surface area (Å²) in [7, 11) is 0. The summed E-state index contributed by atoms with van der Waals surface area (Å²) in [5, 5.41) is 128. The minimum Gasteiger partial charge on any atom is -0.479 e. The number of aliphatic hydroxyl groups excluding tert-OH is 11. The molecule has 9 rings (SSSR count). The fourth-order valence-electron chi connectivity index (χ4n) is 16.2. The van der Waals surface area contributed by atoms with Crippen molar-refractivity contribution in [3.8, 4) is 0 Å². The lowest BCUT2D eigenvalue weighted by atomic mass is 9.33.